The van der Waals surface area contributed by atoms with Crippen LogP contribution in [0.3, 0.4) is 0 Å². The van der Waals surface area contributed by atoms with Crippen LogP contribution in [0.4, 0.5) is 0 Å². The average Bonchev–Trinajstić information content (AvgIpc) is 3.25. The molecule has 0 atom stereocenters. The van der Waals surface area contributed by atoms with Crippen LogP contribution in [0.15, 0.2) is 12.2 Å². The van der Waals surface area contributed by atoms with Crippen LogP contribution in [0.5, 0.6) is 0 Å². The summed E-state index contributed by atoms with van der Waals surface area (Å²) in [7, 11) is 0. The Bertz CT molecular complexity index is 664. The van der Waals surface area contributed by atoms with E-state index in [-0.39, 0.29) is 0 Å². The monoisotopic (exact) mass is 573 g/mol. The fourth-order valence-corrected chi connectivity index (χ4v) is 9.53. The molecule has 0 aromatic rings. The van der Waals surface area contributed by atoms with Crippen LogP contribution in [0.1, 0.15) is 181 Å². The normalized spacial score (nSPS) is 23.0. The van der Waals surface area contributed by atoms with E-state index in [1.807, 2.05) is 0 Å². The number of allylic oxidation sites excluding steroid dienone is 2. The van der Waals surface area contributed by atoms with Gasteiger partial charge in [0.15, 0.2) is 0 Å². The lowest BCUT2D eigenvalue weighted by molar-refractivity contribution is 0.0135. The minimum atomic E-state index is 0.583. The topological polar surface area (TPSA) is 0 Å². The van der Waals surface area contributed by atoms with E-state index in [0.717, 1.165) is 58.2 Å². The Morgan fingerprint density at radius 1 is 0.293 bits per heavy atom. The Labute approximate surface area is 262 Å². The zero-order valence-corrected chi connectivity index (χ0v) is 31.6. The molecule has 0 heterocycles. The van der Waals surface area contributed by atoms with Gasteiger partial charge in [-0.05, 0) is 120 Å². The first-order valence-corrected chi connectivity index (χ1v) is 18.5. The van der Waals surface area contributed by atoms with E-state index in [0.29, 0.717) is 10.8 Å². The molecule has 0 aromatic heterocycles. The summed E-state index contributed by atoms with van der Waals surface area (Å²) < 4.78 is 0. The van der Waals surface area contributed by atoms with E-state index >= 15 is 0 Å². The first-order valence-electron chi connectivity index (χ1n) is 18.5. The van der Waals surface area contributed by atoms with Crippen molar-refractivity contribution in [3.63, 3.8) is 0 Å². The highest BCUT2D eigenvalue weighted by Gasteiger charge is 2.47. The van der Waals surface area contributed by atoms with Gasteiger partial charge in [-0.25, -0.2) is 0 Å². The van der Waals surface area contributed by atoms with Gasteiger partial charge in [0.2, 0.25) is 0 Å². The third-order valence-corrected chi connectivity index (χ3v) is 14.0. The first kappa shape index (κ1) is 38.8. The van der Waals surface area contributed by atoms with Gasteiger partial charge in [-0.1, -0.05) is 142 Å². The van der Waals surface area contributed by atoms with Crippen molar-refractivity contribution in [2.75, 3.05) is 0 Å². The van der Waals surface area contributed by atoms with Gasteiger partial charge in [0.25, 0.3) is 0 Å². The maximum Gasteiger partial charge on any atom is -0.0182 e. The molecule has 4 aliphatic rings. The molecule has 3 saturated carbocycles. The van der Waals surface area contributed by atoms with E-state index < -0.39 is 0 Å². The molecule has 3 fully saturated rings. The minimum absolute atomic E-state index is 0.583. The van der Waals surface area contributed by atoms with Crippen molar-refractivity contribution in [1.29, 1.82) is 0 Å². The first-order chi connectivity index (χ1) is 18.9. The van der Waals surface area contributed by atoms with Crippen LogP contribution in [-0.4, -0.2) is 0 Å². The maximum atomic E-state index is 2.39. The Morgan fingerprint density at radius 2 is 0.512 bits per heavy atom. The lowest BCUT2D eigenvalue weighted by Crippen LogP contribution is -2.39. The van der Waals surface area contributed by atoms with Gasteiger partial charge in [0.1, 0.15) is 0 Å². The molecule has 0 nitrogen and oxygen atoms in total. The summed E-state index contributed by atoms with van der Waals surface area (Å²) in [5.74, 6) is 6.97. The zero-order chi connectivity index (χ0) is 31.8. The summed E-state index contributed by atoms with van der Waals surface area (Å²) in [5.41, 5.74) is 2.75. The molecule has 0 amide bonds. The van der Waals surface area contributed by atoms with Crippen molar-refractivity contribution >= 4 is 0 Å². The van der Waals surface area contributed by atoms with E-state index in [9.17, 15) is 0 Å². The summed E-state index contributed by atoms with van der Waals surface area (Å²) in [4.78, 5) is 0. The Kier molecular flexibility index (Phi) is 15.3. The van der Waals surface area contributed by atoms with Crippen LogP contribution >= 0.6 is 0 Å². The minimum Gasteiger partial charge on any atom is -0.0879 e. The Morgan fingerprint density at radius 3 is 0.610 bits per heavy atom. The van der Waals surface area contributed by atoms with Crippen molar-refractivity contribution in [3.8, 4) is 0 Å². The van der Waals surface area contributed by atoms with Crippen LogP contribution in [-0.2, 0) is 0 Å². The molecule has 4 aliphatic carbocycles. The summed E-state index contributed by atoms with van der Waals surface area (Å²) in [5, 5.41) is 0. The molecule has 0 radical (unpaired) electrons. The fourth-order valence-electron chi connectivity index (χ4n) is 9.53. The van der Waals surface area contributed by atoms with Crippen molar-refractivity contribution in [2.45, 2.75) is 181 Å². The second-order valence-corrected chi connectivity index (χ2v) is 17.6. The average molecular weight is 573 g/mol. The molecule has 0 heteroatoms. The highest BCUT2D eigenvalue weighted by atomic mass is 14.5. The van der Waals surface area contributed by atoms with E-state index in [2.05, 4.69) is 123 Å². The quantitative estimate of drug-likeness (QED) is 0.254. The molecule has 244 valence electrons. The predicted octanol–water partition coefficient (Wildman–Crippen LogP) is 14.0. The van der Waals surface area contributed by atoms with Gasteiger partial charge in [0.05, 0.1) is 0 Å². The maximum absolute atomic E-state index is 2.39. The highest BCUT2D eigenvalue weighted by molar-refractivity contribution is 5.05. The molecule has 0 aromatic carbocycles. The van der Waals surface area contributed by atoms with Gasteiger partial charge in [-0.15, -0.1) is 0 Å². The standard InChI is InChI=1S/C11H22.C11H20.C10H20.C9H18/c2*1-9(2)11(10(3)4)7-5-6-8-11;1-8(2)10(9(3)4)6-5-7-10;1-7(2)9(5-6-9)8(3)4/h9-10H,5-8H2,1-4H3;5-6,9-10H,7-8H2,1-4H3;8-9H,5-7H2,1-4H3;7-8H,5-6H2,1-4H3. The molecular weight excluding hydrogens is 492 g/mol. The fraction of sp³-hybridized carbons (Fsp3) is 0.951. The molecule has 4 rings (SSSR count). The molecule has 0 unspecified atom stereocenters. The molecule has 41 heavy (non-hydrogen) atoms. The van der Waals surface area contributed by atoms with Crippen LogP contribution in [0.25, 0.3) is 0 Å². The van der Waals surface area contributed by atoms with Crippen LogP contribution in [0, 0.1) is 69.0 Å². The Hall–Kier alpha value is -0.260. The predicted molar refractivity (Wildman–Crippen MR) is 188 cm³/mol. The van der Waals surface area contributed by atoms with Crippen molar-refractivity contribution < 1.29 is 0 Å². The third kappa shape index (κ3) is 9.13. The molecule has 0 N–H and O–H groups in total. The Balaban J connectivity index is 0.000000274. The van der Waals surface area contributed by atoms with E-state index in [1.54, 1.807) is 0 Å². The third-order valence-electron chi connectivity index (χ3n) is 14.0. The SMILES string of the molecule is CC(C)C1(C(C)C)CC1.CC(C)C1(C(C)C)CC=CC1.CC(C)C1(C(C)C)CCC1.CC(C)C1(C(C)C)CCCC1. The number of rotatable bonds is 8. The largest absolute Gasteiger partial charge is 0.0879 e. The highest BCUT2D eigenvalue weighted by Crippen LogP contribution is 2.57. The van der Waals surface area contributed by atoms with Crippen molar-refractivity contribution in [2.24, 2.45) is 69.0 Å². The molecule has 0 spiro atoms. The molecular formula is C41H80. The number of hydrogen-bond donors (Lipinski definition) is 0. The zero-order valence-electron chi connectivity index (χ0n) is 31.6. The smallest absolute Gasteiger partial charge is 0.0182 e. The second kappa shape index (κ2) is 16.2. The summed E-state index contributed by atoms with van der Waals surface area (Å²) in [6, 6.07) is 0. The van der Waals surface area contributed by atoms with E-state index in [4.69, 9.17) is 0 Å². The molecule has 0 aliphatic heterocycles. The second-order valence-electron chi connectivity index (χ2n) is 17.6. The van der Waals surface area contributed by atoms with Gasteiger partial charge in [-0.2, -0.15) is 0 Å². The van der Waals surface area contributed by atoms with Crippen LogP contribution in [0.2, 0.25) is 0 Å². The molecule has 0 bridgehead atoms. The summed E-state index contributed by atoms with van der Waals surface area (Å²) in [6.45, 7) is 37.9. The van der Waals surface area contributed by atoms with Gasteiger partial charge in [-0.3, -0.25) is 0 Å². The summed E-state index contributed by atoms with van der Waals surface area (Å²) >= 11 is 0. The molecule has 0 saturated heterocycles. The van der Waals surface area contributed by atoms with E-state index in [1.165, 1.54) is 70.6 Å². The van der Waals surface area contributed by atoms with Crippen LogP contribution < -0.4 is 0 Å². The van der Waals surface area contributed by atoms with Crippen molar-refractivity contribution in [3.05, 3.63) is 12.2 Å². The van der Waals surface area contributed by atoms with Gasteiger partial charge >= 0.3 is 0 Å². The lowest BCUT2D eigenvalue weighted by atomic mass is 9.56. The van der Waals surface area contributed by atoms with Crippen molar-refractivity contribution in [1.82, 2.24) is 0 Å². The lowest BCUT2D eigenvalue weighted by Gasteiger charge is -2.49. The number of hydrogen-bond acceptors (Lipinski definition) is 0. The van der Waals surface area contributed by atoms with Gasteiger partial charge < -0.3 is 0 Å². The van der Waals surface area contributed by atoms with Gasteiger partial charge in [0, 0.05) is 0 Å². The summed E-state index contributed by atoms with van der Waals surface area (Å²) in [6.07, 6.45) is 20.5.